The molecule has 2 aromatic carbocycles. The molecular formula is C21H25ClN2O2. The fraction of sp³-hybridized carbons (Fsp3) is 0.381. The standard InChI is InChI=1S/C21H25ClN2O2/c1-14-13-19(15(2)16(3)20(14)25)26-12-8-4-7-11-24-18-10-6-5-9-17(18)23-21(24)22/h5-6,9-10,13,25H,4,7-8,11-12H2,1-3H3. The number of hydrogen-bond acceptors (Lipinski definition) is 3. The first-order valence-electron chi connectivity index (χ1n) is 9.02. The summed E-state index contributed by atoms with van der Waals surface area (Å²) < 4.78 is 7.99. The van der Waals surface area contributed by atoms with Crippen LogP contribution in [0.1, 0.15) is 36.0 Å². The van der Waals surface area contributed by atoms with Crippen molar-refractivity contribution >= 4 is 22.6 Å². The third-order valence-electron chi connectivity index (χ3n) is 4.90. The molecule has 138 valence electrons. The van der Waals surface area contributed by atoms with Gasteiger partial charge in [-0.2, -0.15) is 0 Å². The van der Waals surface area contributed by atoms with E-state index >= 15 is 0 Å². The van der Waals surface area contributed by atoms with E-state index in [1.807, 2.05) is 45.0 Å². The second-order valence-corrected chi connectivity index (χ2v) is 7.06. The number of phenols is 1. The number of halogens is 1. The highest BCUT2D eigenvalue weighted by atomic mass is 35.5. The molecule has 0 saturated carbocycles. The van der Waals surface area contributed by atoms with Gasteiger partial charge in [0.2, 0.25) is 5.28 Å². The first-order chi connectivity index (χ1) is 12.5. The van der Waals surface area contributed by atoms with Crippen LogP contribution in [0.2, 0.25) is 5.28 Å². The Labute approximate surface area is 159 Å². The van der Waals surface area contributed by atoms with Crippen LogP contribution in [0.15, 0.2) is 30.3 Å². The number of aromatic hydroxyl groups is 1. The predicted octanol–water partition coefficient (Wildman–Crippen LogP) is 5.57. The van der Waals surface area contributed by atoms with Crippen molar-refractivity contribution < 1.29 is 9.84 Å². The van der Waals surface area contributed by atoms with Crippen LogP contribution in [0.4, 0.5) is 0 Å². The van der Waals surface area contributed by atoms with Gasteiger partial charge in [0.15, 0.2) is 0 Å². The predicted molar refractivity (Wildman–Crippen MR) is 106 cm³/mol. The monoisotopic (exact) mass is 372 g/mol. The smallest absolute Gasteiger partial charge is 0.203 e. The number of aromatic nitrogens is 2. The lowest BCUT2D eigenvalue weighted by molar-refractivity contribution is 0.301. The summed E-state index contributed by atoms with van der Waals surface area (Å²) in [4.78, 5) is 4.38. The summed E-state index contributed by atoms with van der Waals surface area (Å²) in [6.07, 6.45) is 3.05. The Bertz CT molecular complexity index is 918. The van der Waals surface area contributed by atoms with E-state index in [-0.39, 0.29) is 0 Å². The van der Waals surface area contributed by atoms with Gasteiger partial charge in [-0.25, -0.2) is 4.98 Å². The molecule has 0 atom stereocenters. The molecule has 1 aromatic heterocycles. The SMILES string of the molecule is Cc1cc(OCCCCCn2c(Cl)nc3ccccc32)c(C)c(C)c1O. The summed E-state index contributed by atoms with van der Waals surface area (Å²) in [6, 6.07) is 9.93. The van der Waals surface area contributed by atoms with Crippen LogP contribution in [0.5, 0.6) is 11.5 Å². The van der Waals surface area contributed by atoms with Gasteiger partial charge in [-0.3, -0.25) is 0 Å². The Morgan fingerprint density at radius 1 is 1.08 bits per heavy atom. The van der Waals surface area contributed by atoms with Crippen molar-refractivity contribution in [3.63, 3.8) is 0 Å². The molecule has 0 aliphatic carbocycles. The second kappa shape index (κ2) is 8.00. The van der Waals surface area contributed by atoms with E-state index in [9.17, 15) is 5.11 Å². The normalized spacial score (nSPS) is 11.2. The summed E-state index contributed by atoms with van der Waals surface area (Å²) >= 11 is 6.25. The number of ether oxygens (including phenoxy) is 1. The van der Waals surface area contributed by atoms with Gasteiger partial charge in [-0.15, -0.1) is 0 Å². The van der Waals surface area contributed by atoms with Crippen LogP contribution in [-0.2, 0) is 6.54 Å². The first kappa shape index (κ1) is 18.6. The fourth-order valence-corrected chi connectivity index (χ4v) is 3.44. The van der Waals surface area contributed by atoms with Gasteiger partial charge in [-0.05, 0) is 86.5 Å². The highest BCUT2D eigenvalue weighted by Gasteiger charge is 2.10. The summed E-state index contributed by atoms with van der Waals surface area (Å²) in [7, 11) is 0. The maximum absolute atomic E-state index is 9.97. The van der Waals surface area contributed by atoms with Crippen molar-refractivity contribution in [1.29, 1.82) is 0 Å². The van der Waals surface area contributed by atoms with Crippen molar-refractivity contribution in [3.8, 4) is 11.5 Å². The quantitative estimate of drug-likeness (QED) is 0.551. The lowest BCUT2D eigenvalue weighted by atomic mass is 10.0. The van der Waals surface area contributed by atoms with Gasteiger partial charge in [0.05, 0.1) is 17.6 Å². The first-order valence-corrected chi connectivity index (χ1v) is 9.40. The van der Waals surface area contributed by atoms with Crippen molar-refractivity contribution in [2.45, 2.75) is 46.6 Å². The van der Waals surface area contributed by atoms with Crippen LogP contribution < -0.4 is 4.74 Å². The number of hydrogen-bond donors (Lipinski definition) is 1. The van der Waals surface area contributed by atoms with E-state index in [0.29, 0.717) is 17.6 Å². The molecule has 0 unspecified atom stereocenters. The van der Waals surface area contributed by atoms with Crippen LogP contribution in [0.3, 0.4) is 0 Å². The number of para-hydroxylation sites is 2. The molecule has 0 amide bonds. The number of phenolic OH excluding ortho intramolecular Hbond substituents is 1. The molecule has 0 spiro atoms. The lowest BCUT2D eigenvalue weighted by Gasteiger charge is -2.14. The maximum atomic E-state index is 9.97. The Hall–Kier alpha value is -2.20. The molecule has 3 aromatic rings. The molecule has 0 fully saturated rings. The molecular weight excluding hydrogens is 348 g/mol. The van der Waals surface area contributed by atoms with Gasteiger partial charge in [0.25, 0.3) is 0 Å². The fourth-order valence-electron chi connectivity index (χ4n) is 3.17. The topological polar surface area (TPSA) is 47.3 Å². The molecule has 3 rings (SSSR count). The number of benzene rings is 2. The number of aryl methyl sites for hydroxylation is 2. The van der Waals surface area contributed by atoms with E-state index in [0.717, 1.165) is 59.3 Å². The van der Waals surface area contributed by atoms with Crippen molar-refractivity contribution in [3.05, 3.63) is 52.3 Å². The molecule has 0 aliphatic rings. The Balaban J connectivity index is 1.49. The third-order valence-corrected chi connectivity index (χ3v) is 5.19. The summed E-state index contributed by atoms with van der Waals surface area (Å²) in [6.45, 7) is 7.33. The Morgan fingerprint density at radius 2 is 1.85 bits per heavy atom. The van der Waals surface area contributed by atoms with E-state index in [4.69, 9.17) is 16.3 Å². The minimum Gasteiger partial charge on any atom is -0.507 e. The largest absolute Gasteiger partial charge is 0.507 e. The van der Waals surface area contributed by atoms with E-state index < -0.39 is 0 Å². The van der Waals surface area contributed by atoms with Crippen LogP contribution in [0, 0.1) is 20.8 Å². The molecule has 0 saturated heterocycles. The average Bonchev–Trinajstić information content (AvgIpc) is 2.95. The molecule has 0 aliphatic heterocycles. The van der Waals surface area contributed by atoms with Gasteiger partial charge in [-0.1, -0.05) is 12.1 Å². The zero-order valence-corrected chi connectivity index (χ0v) is 16.3. The average molecular weight is 373 g/mol. The number of unbranched alkanes of at least 4 members (excludes halogenated alkanes) is 2. The summed E-state index contributed by atoms with van der Waals surface area (Å²) in [5, 5.41) is 10.5. The molecule has 4 nitrogen and oxygen atoms in total. The maximum Gasteiger partial charge on any atom is 0.203 e. The van der Waals surface area contributed by atoms with Crippen LogP contribution in [-0.4, -0.2) is 21.3 Å². The number of nitrogens with zero attached hydrogens (tertiary/aromatic N) is 2. The minimum atomic E-state index is 0.360. The van der Waals surface area contributed by atoms with Crippen LogP contribution in [0.25, 0.3) is 11.0 Å². The Morgan fingerprint density at radius 3 is 2.65 bits per heavy atom. The van der Waals surface area contributed by atoms with Gasteiger partial charge >= 0.3 is 0 Å². The number of fused-ring (bicyclic) bond motifs is 1. The number of imidazole rings is 1. The van der Waals surface area contributed by atoms with Gasteiger partial charge in [0, 0.05) is 6.54 Å². The van der Waals surface area contributed by atoms with Gasteiger partial charge < -0.3 is 14.4 Å². The Kier molecular flexibility index (Phi) is 5.72. The summed E-state index contributed by atoms with van der Waals surface area (Å²) in [5.74, 6) is 1.22. The number of rotatable bonds is 7. The zero-order chi connectivity index (χ0) is 18.7. The van der Waals surface area contributed by atoms with Crippen molar-refractivity contribution in [2.75, 3.05) is 6.61 Å². The van der Waals surface area contributed by atoms with E-state index in [1.54, 1.807) is 0 Å². The minimum absolute atomic E-state index is 0.360. The van der Waals surface area contributed by atoms with E-state index in [1.165, 1.54) is 0 Å². The molecule has 5 heteroatoms. The zero-order valence-electron chi connectivity index (χ0n) is 15.6. The molecule has 0 bridgehead atoms. The highest BCUT2D eigenvalue weighted by molar-refractivity contribution is 6.29. The molecule has 26 heavy (non-hydrogen) atoms. The van der Waals surface area contributed by atoms with Crippen molar-refractivity contribution in [1.82, 2.24) is 9.55 Å². The summed E-state index contributed by atoms with van der Waals surface area (Å²) in [5.41, 5.74) is 4.77. The van der Waals surface area contributed by atoms with Crippen LogP contribution >= 0.6 is 11.6 Å². The second-order valence-electron chi connectivity index (χ2n) is 6.72. The third kappa shape index (κ3) is 3.80. The van der Waals surface area contributed by atoms with Crippen molar-refractivity contribution in [2.24, 2.45) is 0 Å². The molecule has 1 N–H and O–H groups in total. The lowest BCUT2D eigenvalue weighted by Crippen LogP contribution is -2.02. The van der Waals surface area contributed by atoms with Gasteiger partial charge in [0.1, 0.15) is 11.5 Å². The molecule has 0 radical (unpaired) electrons. The van der Waals surface area contributed by atoms with E-state index in [2.05, 4.69) is 15.6 Å². The molecule has 1 heterocycles. The highest BCUT2D eigenvalue weighted by Crippen LogP contribution is 2.32.